The number of carbonyl (C=O) groups is 2. The van der Waals surface area contributed by atoms with Crippen molar-refractivity contribution >= 4 is 29.1 Å². The fourth-order valence-electron chi connectivity index (χ4n) is 1.78. The second kappa shape index (κ2) is 7.17. The number of anilines is 1. The van der Waals surface area contributed by atoms with Crippen LogP contribution in [0.15, 0.2) is 47.4 Å². The van der Waals surface area contributed by atoms with Crippen LogP contribution in [0.4, 0.5) is 14.5 Å². The molecule has 22 heavy (non-hydrogen) atoms. The number of amides is 1. The Morgan fingerprint density at radius 2 is 1.77 bits per heavy atom. The van der Waals surface area contributed by atoms with Crippen LogP contribution in [0.3, 0.4) is 0 Å². The molecule has 1 N–H and O–H groups in total. The number of hydrogen-bond donors (Lipinski definition) is 1. The van der Waals surface area contributed by atoms with Gasteiger partial charge in [0.05, 0.1) is 11.3 Å². The van der Waals surface area contributed by atoms with Crippen molar-refractivity contribution in [3.8, 4) is 0 Å². The lowest BCUT2D eigenvalue weighted by molar-refractivity contribution is -0.114. The number of thioether (sulfide) groups is 1. The first-order chi connectivity index (χ1) is 10.5. The maximum Gasteiger partial charge on any atom is 0.221 e. The van der Waals surface area contributed by atoms with E-state index in [0.717, 1.165) is 11.0 Å². The zero-order chi connectivity index (χ0) is 16.1. The van der Waals surface area contributed by atoms with Crippen LogP contribution in [0.5, 0.6) is 0 Å². The fourth-order valence-corrected chi connectivity index (χ4v) is 2.56. The summed E-state index contributed by atoms with van der Waals surface area (Å²) in [5.41, 5.74) is 0.261. The van der Waals surface area contributed by atoms with Gasteiger partial charge in [-0.1, -0.05) is 0 Å². The SMILES string of the molecule is CC(=O)Nc1ccc(C(=O)CSc2ccc(F)cc2)c(F)c1. The van der Waals surface area contributed by atoms with Crippen LogP contribution < -0.4 is 5.32 Å². The number of nitrogens with one attached hydrogen (secondary N) is 1. The van der Waals surface area contributed by atoms with E-state index in [0.29, 0.717) is 5.69 Å². The molecule has 0 heterocycles. The molecule has 0 aliphatic rings. The normalized spacial score (nSPS) is 10.3. The van der Waals surface area contributed by atoms with Crippen LogP contribution in [0.25, 0.3) is 0 Å². The fraction of sp³-hybridized carbons (Fsp3) is 0.125. The highest BCUT2D eigenvalue weighted by Gasteiger charge is 2.13. The summed E-state index contributed by atoms with van der Waals surface area (Å²) in [6.07, 6.45) is 0. The van der Waals surface area contributed by atoms with Crippen LogP contribution in [-0.4, -0.2) is 17.4 Å². The minimum absolute atomic E-state index is 0.0382. The van der Waals surface area contributed by atoms with E-state index in [4.69, 9.17) is 0 Å². The van der Waals surface area contributed by atoms with Crippen molar-refractivity contribution in [2.45, 2.75) is 11.8 Å². The van der Waals surface area contributed by atoms with E-state index >= 15 is 0 Å². The molecule has 2 aromatic carbocycles. The van der Waals surface area contributed by atoms with Crippen molar-refractivity contribution in [1.29, 1.82) is 0 Å². The molecule has 0 radical (unpaired) electrons. The number of halogens is 2. The first-order valence-corrected chi connectivity index (χ1v) is 7.43. The maximum absolute atomic E-state index is 13.9. The Kier molecular flexibility index (Phi) is 5.27. The Morgan fingerprint density at radius 3 is 2.36 bits per heavy atom. The quantitative estimate of drug-likeness (QED) is 0.671. The average Bonchev–Trinajstić information content (AvgIpc) is 2.46. The van der Waals surface area contributed by atoms with E-state index in [9.17, 15) is 18.4 Å². The minimum Gasteiger partial charge on any atom is -0.326 e. The summed E-state index contributed by atoms with van der Waals surface area (Å²) in [6, 6.07) is 9.64. The van der Waals surface area contributed by atoms with Gasteiger partial charge in [0.15, 0.2) is 5.78 Å². The Morgan fingerprint density at radius 1 is 1.09 bits per heavy atom. The monoisotopic (exact) mass is 321 g/mol. The molecule has 0 fully saturated rings. The van der Waals surface area contributed by atoms with Gasteiger partial charge in [-0.25, -0.2) is 8.78 Å². The van der Waals surface area contributed by atoms with Crippen molar-refractivity contribution in [3.05, 3.63) is 59.7 Å². The van der Waals surface area contributed by atoms with Gasteiger partial charge in [0.25, 0.3) is 0 Å². The molecule has 2 aromatic rings. The summed E-state index contributed by atoms with van der Waals surface area (Å²) in [4.78, 5) is 23.6. The molecule has 3 nitrogen and oxygen atoms in total. The molecule has 1 amide bonds. The molecule has 0 aliphatic carbocycles. The van der Waals surface area contributed by atoms with Gasteiger partial charge in [-0.05, 0) is 42.5 Å². The van der Waals surface area contributed by atoms with Gasteiger partial charge in [-0.15, -0.1) is 11.8 Å². The summed E-state index contributed by atoms with van der Waals surface area (Å²) in [6.45, 7) is 1.32. The molecule has 0 saturated carbocycles. The van der Waals surface area contributed by atoms with Gasteiger partial charge in [0.2, 0.25) is 5.91 Å². The van der Waals surface area contributed by atoms with E-state index in [1.807, 2.05) is 0 Å². The predicted molar refractivity (Wildman–Crippen MR) is 82.2 cm³/mol. The molecule has 0 atom stereocenters. The summed E-state index contributed by atoms with van der Waals surface area (Å²) in [5.74, 6) is -1.68. The Balaban J connectivity index is 2.03. The third-order valence-corrected chi connectivity index (χ3v) is 3.79. The molecule has 0 spiro atoms. The number of Topliss-reactive ketones (excluding diaryl/α,β-unsaturated/α-hetero) is 1. The number of hydrogen-bond acceptors (Lipinski definition) is 3. The van der Waals surface area contributed by atoms with Crippen LogP contribution >= 0.6 is 11.8 Å². The average molecular weight is 321 g/mol. The van der Waals surface area contributed by atoms with Gasteiger partial charge in [0.1, 0.15) is 11.6 Å². The third-order valence-electron chi connectivity index (χ3n) is 2.77. The van der Waals surface area contributed by atoms with E-state index in [1.54, 1.807) is 12.1 Å². The molecule has 0 unspecified atom stereocenters. The second-order valence-corrected chi connectivity index (χ2v) is 5.59. The number of ketones is 1. The molecular weight excluding hydrogens is 308 g/mol. The third kappa shape index (κ3) is 4.39. The Bertz CT molecular complexity index is 702. The number of rotatable bonds is 5. The molecule has 0 saturated heterocycles. The molecule has 0 aliphatic heterocycles. The second-order valence-electron chi connectivity index (χ2n) is 4.54. The van der Waals surface area contributed by atoms with Gasteiger partial charge in [0, 0.05) is 17.5 Å². The molecule has 0 bridgehead atoms. The summed E-state index contributed by atoms with van der Waals surface area (Å²) in [5, 5.41) is 2.44. The lowest BCUT2D eigenvalue weighted by Crippen LogP contribution is -2.09. The van der Waals surface area contributed by atoms with Crippen LogP contribution in [0, 0.1) is 11.6 Å². The predicted octanol–water partition coefficient (Wildman–Crippen LogP) is 3.90. The smallest absolute Gasteiger partial charge is 0.221 e. The lowest BCUT2D eigenvalue weighted by atomic mass is 10.1. The highest BCUT2D eigenvalue weighted by molar-refractivity contribution is 8.00. The van der Waals surface area contributed by atoms with Gasteiger partial charge >= 0.3 is 0 Å². The van der Waals surface area contributed by atoms with E-state index in [1.165, 1.54) is 43.0 Å². The minimum atomic E-state index is -0.684. The number of benzene rings is 2. The Labute approximate surface area is 130 Å². The van der Waals surface area contributed by atoms with E-state index in [-0.39, 0.29) is 28.8 Å². The van der Waals surface area contributed by atoms with Crippen molar-refractivity contribution in [1.82, 2.24) is 0 Å². The van der Waals surface area contributed by atoms with Crippen LogP contribution in [0.1, 0.15) is 17.3 Å². The van der Waals surface area contributed by atoms with Crippen molar-refractivity contribution in [2.24, 2.45) is 0 Å². The van der Waals surface area contributed by atoms with Crippen molar-refractivity contribution in [2.75, 3.05) is 11.1 Å². The molecule has 0 aromatic heterocycles. The topological polar surface area (TPSA) is 46.2 Å². The molecule has 2 rings (SSSR count). The van der Waals surface area contributed by atoms with Crippen LogP contribution in [0.2, 0.25) is 0 Å². The molecular formula is C16H13F2NO2S. The molecule has 6 heteroatoms. The van der Waals surface area contributed by atoms with Crippen molar-refractivity contribution in [3.63, 3.8) is 0 Å². The van der Waals surface area contributed by atoms with Gasteiger partial charge < -0.3 is 5.32 Å². The summed E-state index contributed by atoms with van der Waals surface area (Å²) in [7, 11) is 0. The van der Waals surface area contributed by atoms with Crippen molar-refractivity contribution < 1.29 is 18.4 Å². The first-order valence-electron chi connectivity index (χ1n) is 6.44. The zero-order valence-corrected chi connectivity index (χ0v) is 12.5. The maximum atomic E-state index is 13.9. The van der Waals surface area contributed by atoms with E-state index < -0.39 is 5.82 Å². The molecule has 114 valence electrons. The van der Waals surface area contributed by atoms with E-state index in [2.05, 4.69) is 5.32 Å². The summed E-state index contributed by atoms with van der Waals surface area (Å²) < 4.78 is 26.7. The first kappa shape index (κ1) is 16.2. The standard InChI is InChI=1S/C16H13F2NO2S/c1-10(20)19-12-4-7-14(15(18)8-12)16(21)9-22-13-5-2-11(17)3-6-13/h2-8H,9H2,1H3,(H,19,20). The van der Waals surface area contributed by atoms with Gasteiger partial charge in [-0.3, -0.25) is 9.59 Å². The highest BCUT2D eigenvalue weighted by atomic mass is 32.2. The zero-order valence-electron chi connectivity index (χ0n) is 11.7. The van der Waals surface area contributed by atoms with Gasteiger partial charge in [-0.2, -0.15) is 0 Å². The highest BCUT2D eigenvalue weighted by Crippen LogP contribution is 2.21. The van der Waals surface area contributed by atoms with Crippen LogP contribution in [-0.2, 0) is 4.79 Å². The Hall–Kier alpha value is -2.21. The summed E-state index contributed by atoms with van der Waals surface area (Å²) >= 11 is 1.20. The number of carbonyl (C=O) groups excluding carboxylic acids is 2. The lowest BCUT2D eigenvalue weighted by Gasteiger charge is -2.06. The largest absolute Gasteiger partial charge is 0.326 e.